The third-order valence-electron chi connectivity index (χ3n) is 4.52. The van der Waals surface area contributed by atoms with E-state index in [1.807, 2.05) is 0 Å². The molecule has 2 aliphatic carbocycles. The van der Waals surface area contributed by atoms with E-state index in [1.54, 1.807) is 0 Å². The Kier molecular flexibility index (Phi) is 4.08. The van der Waals surface area contributed by atoms with Crippen molar-refractivity contribution in [3.63, 3.8) is 0 Å². The van der Waals surface area contributed by atoms with Crippen LogP contribution in [0.25, 0.3) is 0 Å². The van der Waals surface area contributed by atoms with Crippen LogP contribution in [-0.2, 0) is 4.79 Å². The second kappa shape index (κ2) is 5.38. The van der Waals surface area contributed by atoms with E-state index in [0.29, 0.717) is 6.54 Å². The van der Waals surface area contributed by atoms with Gasteiger partial charge in [0.2, 0.25) is 5.91 Å². The summed E-state index contributed by atoms with van der Waals surface area (Å²) < 4.78 is 0. The average molecular weight is 239 g/mol. The monoisotopic (exact) mass is 239 g/mol. The predicted octanol–water partition coefficient (Wildman–Crippen LogP) is 2.23. The highest BCUT2D eigenvalue weighted by atomic mass is 16.3. The standard InChI is InChI=1S/C14H25NO2/c1-11-6-8-14(17,9-7-11)10-15-13(16)12-4-2-3-5-12/h11-12,17H,2-10H2,1H3,(H,15,16). The Bertz CT molecular complexity index is 263. The van der Waals surface area contributed by atoms with Gasteiger partial charge >= 0.3 is 0 Å². The van der Waals surface area contributed by atoms with E-state index in [9.17, 15) is 9.90 Å². The summed E-state index contributed by atoms with van der Waals surface area (Å²) >= 11 is 0. The maximum Gasteiger partial charge on any atom is 0.223 e. The molecule has 0 saturated heterocycles. The molecule has 2 saturated carbocycles. The Morgan fingerprint density at radius 3 is 2.41 bits per heavy atom. The van der Waals surface area contributed by atoms with E-state index in [4.69, 9.17) is 0 Å². The number of hydrogen-bond donors (Lipinski definition) is 2. The zero-order valence-corrected chi connectivity index (χ0v) is 10.9. The van der Waals surface area contributed by atoms with Crippen LogP contribution in [0.2, 0.25) is 0 Å². The fraction of sp³-hybridized carbons (Fsp3) is 0.929. The zero-order chi connectivity index (χ0) is 12.3. The molecule has 2 N–H and O–H groups in total. The summed E-state index contributed by atoms with van der Waals surface area (Å²) in [6.07, 6.45) is 8.24. The van der Waals surface area contributed by atoms with Crippen molar-refractivity contribution in [1.82, 2.24) is 5.32 Å². The quantitative estimate of drug-likeness (QED) is 0.793. The lowest BCUT2D eigenvalue weighted by atomic mass is 9.79. The lowest BCUT2D eigenvalue weighted by Crippen LogP contribution is -2.46. The molecule has 2 fully saturated rings. The van der Waals surface area contributed by atoms with Gasteiger partial charge < -0.3 is 10.4 Å². The van der Waals surface area contributed by atoms with Crippen LogP contribution in [0, 0.1) is 11.8 Å². The summed E-state index contributed by atoms with van der Waals surface area (Å²) in [5, 5.41) is 13.3. The highest BCUT2D eigenvalue weighted by Crippen LogP contribution is 2.31. The molecule has 0 aromatic heterocycles. The Balaban J connectivity index is 1.75. The van der Waals surface area contributed by atoms with Crippen molar-refractivity contribution in [2.75, 3.05) is 6.54 Å². The molecule has 0 atom stereocenters. The van der Waals surface area contributed by atoms with Crippen LogP contribution in [0.4, 0.5) is 0 Å². The summed E-state index contributed by atoms with van der Waals surface area (Å²) in [6, 6.07) is 0. The molecule has 2 rings (SSSR count). The Morgan fingerprint density at radius 1 is 1.24 bits per heavy atom. The maximum atomic E-state index is 11.9. The molecular weight excluding hydrogens is 214 g/mol. The van der Waals surface area contributed by atoms with Gasteiger partial charge in [0.15, 0.2) is 0 Å². The molecule has 0 heterocycles. The Labute approximate surface area is 104 Å². The number of carbonyl (C=O) groups excluding carboxylic acids is 1. The Morgan fingerprint density at radius 2 is 1.82 bits per heavy atom. The van der Waals surface area contributed by atoms with Crippen LogP contribution in [0.5, 0.6) is 0 Å². The molecule has 0 aliphatic heterocycles. The summed E-state index contributed by atoms with van der Waals surface area (Å²) in [6.45, 7) is 2.69. The summed E-state index contributed by atoms with van der Waals surface area (Å²) in [5.41, 5.74) is -0.638. The van der Waals surface area contributed by atoms with Gasteiger partial charge in [-0.1, -0.05) is 19.8 Å². The van der Waals surface area contributed by atoms with Crippen LogP contribution >= 0.6 is 0 Å². The molecule has 98 valence electrons. The van der Waals surface area contributed by atoms with Crippen molar-refractivity contribution in [2.24, 2.45) is 11.8 Å². The second-order valence-corrected chi connectivity index (χ2v) is 6.11. The fourth-order valence-corrected chi connectivity index (χ4v) is 3.06. The molecule has 3 nitrogen and oxygen atoms in total. The van der Waals surface area contributed by atoms with Gasteiger partial charge in [-0.3, -0.25) is 4.79 Å². The lowest BCUT2D eigenvalue weighted by Gasteiger charge is -2.35. The molecule has 1 amide bonds. The van der Waals surface area contributed by atoms with E-state index in [-0.39, 0.29) is 11.8 Å². The first-order chi connectivity index (χ1) is 8.09. The van der Waals surface area contributed by atoms with E-state index >= 15 is 0 Å². The van der Waals surface area contributed by atoms with Crippen molar-refractivity contribution in [1.29, 1.82) is 0 Å². The highest BCUT2D eigenvalue weighted by molar-refractivity contribution is 5.78. The molecule has 2 aliphatic rings. The maximum absolute atomic E-state index is 11.9. The Hall–Kier alpha value is -0.570. The van der Waals surface area contributed by atoms with Gasteiger partial charge in [0.05, 0.1) is 5.60 Å². The largest absolute Gasteiger partial charge is 0.388 e. The van der Waals surface area contributed by atoms with Crippen LogP contribution in [0.1, 0.15) is 58.3 Å². The van der Waals surface area contributed by atoms with Crippen LogP contribution < -0.4 is 5.32 Å². The van der Waals surface area contributed by atoms with Crippen molar-refractivity contribution < 1.29 is 9.90 Å². The number of rotatable bonds is 3. The van der Waals surface area contributed by atoms with Gasteiger partial charge in [0.1, 0.15) is 0 Å². The number of hydrogen-bond acceptors (Lipinski definition) is 2. The van der Waals surface area contributed by atoms with Gasteiger partial charge in [0.25, 0.3) is 0 Å². The second-order valence-electron chi connectivity index (χ2n) is 6.11. The highest BCUT2D eigenvalue weighted by Gasteiger charge is 2.33. The first kappa shape index (κ1) is 12.9. The molecule has 0 unspecified atom stereocenters. The number of nitrogens with one attached hydrogen (secondary N) is 1. The molecule has 0 aromatic rings. The lowest BCUT2D eigenvalue weighted by molar-refractivity contribution is -0.126. The third-order valence-corrected chi connectivity index (χ3v) is 4.52. The summed E-state index contributed by atoms with van der Waals surface area (Å²) in [7, 11) is 0. The first-order valence-electron chi connectivity index (χ1n) is 7.09. The molecule has 0 aromatic carbocycles. The van der Waals surface area contributed by atoms with Gasteiger partial charge in [-0.2, -0.15) is 0 Å². The average Bonchev–Trinajstić information content (AvgIpc) is 2.84. The van der Waals surface area contributed by atoms with Gasteiger partial charge in [-0.05, 0) is 44.4 Å². The van der Waals surface area contributed by atoms with E-state index in [2.05, 4.69) is 12.2 Å². The predicted molar refractivity (Wildman–Crippen MR) is 67.5 cm³/mol. The molecule has 0 spiro atoms. The summed E-state index contributed by atoms with van der Waals surface area (Å²) in [4.78, 5) is 11.9. The van der Waals surface area contributed by atoms with E-state index in [1.165, 1.54) is 12.8 Å². The van der Waals surface area contributed by atoms with Crippen LogP contribution in [0.15, 0.2) is 0 Å². The molecule has 17 heavy (non-hydrogen) atoms. The van der Waals surface area contributed by atoms with Crippen molar-refractivity contribution in [3.05, 3.63) is 0 Å². The molecule has 0 bridgehead atoms. The van der Waals surface area contributed by atoms with Crippen molar-refractivity contribution >= 4 is 5.91 Å². The first-order valence-corrected chi connectivity index (χ1v) is 7.09. The number of carbonyl (C=O) groups is 1. The third kappa shape index (κ3) is 3.44. The minimum absolute atomic E-state index is 0.162. The summed E-state index contributed by atoms with van der Waals surface area (Å²) in [5.74, 6) is 1.09. The van der Waals surface area contributed by atoms with Crippen LogP contribution in [0.3, 0.4) is 0 Å². The minimum Gasteiger partial charge on any atom is -0.388 e. The van der Waals surface area contributed by atoms with E-state index < -0.39 is 5.60 Å². The van der Waals surface area contributed by atoms with Gasteiger partial charge in [0, 0.05) is 12.5 Å². The molecular formula is C14H25NO2. The van der Waals surface area contributed by atoms with Crippen molar-refractivity contribution in [2.45, 2.75) is 63.9 Å². The van der Waals surface area contributed by atoms with Gasteiger partial charge in [-0.15, -0.1) is 0 Å². The topological polar surface area (TPSA) is 49.3 Å². The van der Waals surface area contributed by atoms with Gasteiger partial charge in [-0.25, -0.2) is 0 Å². The molecule has 0 radical (unpaired) electrons. The fourth-order valence-electron chi connectivity index (χ4n) is 3.06. The van der Waals surface area contributed by atoms with Crippen molar-refractivity contribution in [3.8, 4) is 0 Å². The zero-order valence-electron chi connectivity index (χ0n) is 10.9. The SMILES string of the molecule is CC1CCC(O)(CNC(=O)C2CCCC2)CC1. The normalized spacial score (nSPS) is 34.8. The number of amides is 1. The van der Waals surface area contributed by atoms with E-state index in [0.717, 1.165) is 44.4 Å². The minimum atomic E-state index is -0.638. The number of aliphatic hydroxyl groups is 1. The van der Waals surface area contributed by atoms with Crippen LogP contribution in [-0.4, -0.2) is 23.2 Å². The smallest absolute Gasteiger partial charge is 0.223 e. The molecule has 3 heteroatoms.